The summed E-state index contributed by atoms with van der Waals surface area (Å²) >= 11 is 6.32. The smallest absolute Gasteiger partial charge is 0.408 e. The molecule has 0 aliphatic carbocycles. The van der Waals surface area contributed by atoms with Crippen LogP contribution in [0, 0.1) is 0 Å². The molecule has 0 N–H and O–H groups in total. The molecule has 1 atom stereocenters. The lowest BCUT2D eigenvalue weighted by atomic mass is 10.0. The normalized spacial score (nSPS) is 14.7. The van der Waals surface area contributed by atoms with E-state index in [9.17, 15) is 13.2 Å². The van der Waals surface area contributed by atoms with Gasteiger partial charge in [0, 0.05) is 13.3 Å². The van der Waals surface area contributed by atoms with E-state index < -0.39 is 25.7 Å². The molecule has 7 heteroatoms. The van der Waals surface area contributed by atoms with E-state index in [0.29, 0.717) is 16.7 Å². The van der Waals surface area contributed by atoms with Gasteiger partial charge in [0.25, 0.3) is 0 Å². The first kappa shape index (κ1) is 15.1. The molecular formula is C13H16ClNO4S. The molecule has 0 aliphatic rings. The zero-order chi connectivity index (χ0) is 15.3. The van der Waals surface area contributed by atoms with Crippen LogP contribution in [0.5, 0.6) is 0 Å². The zero-order valence-corrected chi connectivity index (χ0v) is 13.2. The van der Waals surface area contributed by atoms with Crippen molar-refractivity contribution in [3.63, 3.8) is 0 Å². The molecule has 0 saturated heterocycles. The summed E-state index contributed by atoms with van der Waals surface area (Å²) in [5.41, 5.74) is 1.63. The number of hydrogen-bond donors (Lipinski definition) is 0. The molecule has 20 heavy (non-hydrogen) atoms. The second-order valence-electron chi connectivity index (χ2n) is 5.39. The van der Waals surface area contributed by atoms with Crippen LogP contribution in [0.15, 0.2) is 27.4 Å². The van der Waals surface area contributed by atoms with Gasteiger partial charge >= 0.3 is 5.76 Å². The van der Waals surface area contributed by atoms with Crippen molar-refractivity contribution in [3.8, 4) is 0 Å². The van der Waals surface area contributed by atoms with E-state index in [2.05, 4.69) is 0 Å². The van der Waals surface area contributed by atoms with Gasteiger partial charge in [-0.25, -0.2) is 13.2 Å². The Morgan fingerprint density at radius 2 is 1.95 bits per heavy atom. The summed E-state index contributed by atoms with van der Waals surface area (Å²) in [6.07, 6.45) is 1.16. The first-order valence-electron chi connectivity index (χ1n) is 5.99. The summed E-state index contributed by atoms with van der Waals surface area (Å²) in [6.45, 7) is 3.15. The first-order valence-corrected chi connectivity index (χ1v) is 8.31. The molecular weight excluding hydrogens is 302 g/mol. The van der Waals surface area contributed by atoms with Crippen molar-refractivity contribution in [2.75, 3.05) is 6.26 Å². The minimum absolute atomic E-state index is 0.393. The summed E-state index contributed by atoms with van der Waals surface area (Å²) in [6, 6.07) is 5.02. The van der Waals surface area contributed by atoms with Gasteiger partial charge in [0.05, 0.1) is 15.6 Å². The molecule has 2 rings (SSSR count). The predicted octanol–water partition coefficient (Wildman–Crippen LogP) is 2.23. The maximum absolute atomic E-state index is 11.8. The standard InChI is InChI=1S/C13H16ClNO4S/c1-13(2,20(4,17)18)11(14)8-5-6-9-10(7-8)19-12(16)15(9)3/h5-7,11H,1-4H3. The van der Waals surface area contributed by atoms with Gasteiger partial charge in [0.2, 0.25) is 0 Å². The van der Waals surface area contributed by atoms with Crippen LogP contribution in [-0.2, 0) is 16.9 Å². The van der Waals surface area contributed by atoms with Gasteiger partial charge < -0.3 is 4.42 Å². The highest BCUT2D eigenvalue weighted by atomic mass is 35.5. The van der Waals surface area contributed by atoms with Gasteiger partial charge in [0.1, 0.15) is 0 Å². The molecule has 0 spiro atoms. The molecule has 0 radical (unpaired) electrons. The number of hydrogen-bond acceptors (Lipinski definition) is 4. The average Bonchev–Trinajstić information content (AvgIpc) is 2.62. The van der Waals surface area contributed by atoms with Crippen LogP contribution in [0.25, 0.3) is 11.1 Å². The third-order valence-corrected chi connectivity index (χ3v) is 6.75. The number of sulfone groups is 1. The lowest BCUT2D eigenvalue weighted by molar-refractivity contribution is 0.526. The van der Waals surface area contributed by atoms with Crippen molar-refractivity contribution in [1.82, 2.24) is 4.57 Å². The van der Waals surface area contributed by atoms with Crippen LogP contribution < -0.4 is 5.76 Å². The fourth-order valence-corrected chi connectivity index (χ4v) is 3.03. The predicted molar refractivity (Wildman–Crippen MR) is 79.0 cm³/mol. The Morgan fingerprint density at radius 1 is 1.35 bits per heavy atom. The Kier molecular flexibility index (Phi) is 3.50. The van der Waals surface area contributed by atoms with E-state index in [1.165, 1.54) is 4.57 Å². The molecule has 110 valence electrons. The maximum atomic E-state index is 11.8. The van der Waals surface area contributed by atoms with Crippen LogP contribution >= 0.6 is 11.6 Å². The fourth-order valence-electron chi connectivity index (χ4n) is 1.90. The second kappa shape index (κ2) is 4.63. The second-order valence-corrected chi connectivity index (χ2v) is 8.43. The summed E-state index contributed by atoms with van der Waals surface area (Å²) < 4.78 is 29.0. The summed E-state index contributed by atoms with van der Waals surface area (Å²) in [5.74, 6) is -0.467. The highest BCUT2D eigenvalue weighted by Gasteiger charge is 2.39. The van der Waals surface area contributed by atoms with Crippen molar-refractivity contribution in [3.05, 3.63) is 34.3 Å². The molecule has 1 aromatic carbocycles. The first-order chi connectivity index (χ1) is 9.05. The van der Waals surface area contributed by atoms with Gasteiger partial charge in [-0.1, -0.05) is 6.07 Å². The van der Waals surface area contributed by atoms with E-state index in [-0.39, 0.29) is 0 Å². The van der Waals surface area contributed by atoms with E-state index >= 15 is 0 Å². The van der Waals surface area contributed by atoms with Crippen LogP contribution in [0.2, 0.25) is 0 Å². The molecule has 0 bridgehead atoms. The number of oxazole rings is 1. The molecule has 2 aromatic rings. The Labute approximate surface area is 122 Å². The van der Waals surface area contributed by atoms with E-state index in [1.54, 1.807) is 39.1 Å². The Balaban J connectivity index is 2.57. The van der Waals surface area contributed by atoms with Crippen molar-refractivity contribution in [2.24, 2.45) is 7.05 Å². The van der Waals surface area contributed by atoms with Gasteiger partial charge in [-0.3, -0.25) is 4.57 Å². The highest BCUT2D eigenvalue weighted by molar-refractivity contribution is 7.92. The van der Waals surface area contributed by atoms with Crippen molar-refractivity contribution in [1.29, 1.82) is 0 Å². The Bertz CT molecular complexity index is 816. The van der Waals surface area contributed by atoms with Crippen LogP contribution in [0.1, 0.15) is 24.8 Å². The molecule has 1 aromatic heterocycles. The molecule has 1 heterocycles. The van der Waals surface area contributed by atoms with Gasteiger partial charge in [-0.15, -0.1) is 11.6 Å². The molecule has 1 unspecified atom stereocenters. The third-order valence-electron chi connectivity index (χ3n) is 3.68. The topological polar surface area (TPSA) is 69.3 Å². The molecule has 0 amide bonds. The minimum atomic E-state index is -3.34. The average molecular weight is 318 g/mol. The maximum Gasteiger partial charge on any atom is 0.419 e. The van der Waals surface area contributed by atoms with E-state index in [1.807, 2.05) is 0 Å². The largest absolute Gasteiger partial charge is 0.419 e. The monoisotopic (exact) mass is 317 g/mol. The fraction of sp³-hybridized carbons (Fsp3) is 0.462. The molecule has 0 aliphatic heterocycles. The quantitative estimate of drug-likeness (QED) is 0.814. The zero-order valence-electron chi connectivity index (χ0n) is 11.7. The van der Waals surface area contributed by atoms with E-state index in [4.69, 9.17) is 16.0 Å². The number of alkyl halides is 1. The third kappa shape index (κ3) is 2.27. The molecule has 0 saturated carbocycles. The molecule has 0 fully saturated rings. The molecule has 5 nitrogen and oxygen atoms in total. The van der Waals surface area contributed by atoms with Crippen molar-refractivity contribution < 1.29 is 12.8 Å². The number of halogens is 1. The van der Waals surface area contributed by atoms with Crippen LogP contribution in [-0.4, -0.2) is 24.0 Å². The van der Waals surface area contributed by atoms with Crippen LogP contribution in [0.3, 0.4) is 0 Å². The SMILES string of the molecule is Cn1c(=O)oc2cc(C(Cl)C(C)(C)S(C)(=O)=O)ccc21. The highest BCUT2D eigenvalue weighted by Crippen LogP contribution is 2.38. The van der Waals surface area contributed by atoms with Gasteiger partial charge in [-0.05, 0) is 31.5 Å². The number of aromatic nitrogens is 1. The van der Waals surface area contributed by atoms with Crippen molar-refractivity contribution in [2.45, 2.75) is 24.0 Å². The lowest BCUT2D eigenvalue weighted by Gasteiger charge is -2.28. The summed E-state index contributed by atoms with van der Waals surface area (Å²) in [5, 5.41) is -0.743. The lowest BCUT2D eigenvalue weighted by Crippen LogP contribution is -2.35. The minimum Gasteiger partial charge on any atom is -0.408 e. The summed E-state index contributed by atoms with van der Waals surface area (Å²) in [7, 11) is -1.73. The van der Waals surface area contributed by atoms with Gasteiger partial charge in [-0.2, -0.15) is 0 Å². The Hall–Kier alpha value is -1.27. The number of rotatable bonds is 3. The number of aryl methyl sites for hydroxylation is 1. The number of benzene rings is 1. The van der Waals surface area contributed by atoms with Crippen molar-refractivity contribution >= 4 is 32.5 Å². The number of fused-ring (bicyclic) bond motifs is 1. The van der Waals surface area contributed by atoms with Gasteiger partial charge in [0.15, 0.2) is 15.4 Å². The Morgan fingerprint density at radius 3 is 2.50 bits per heavy atom. The van der Waals surface area contributed by atoms with E-state index in [0.717, 1.165) is 6.26 Å². The van der Waals surface area contributed by atoms with Crippen LogP contribution in [0.4, 0.5) is 0 Å². The number of nitrogens with zero attached hydrogens (tertiary/aromatic N) is 1. The summed E-state index contributed by atoms with van der Waals surface area (Å²) in [4.78, 5) is 11.4.